The molecule has 6 heteroatoms. The SMILES string of the molecule is CCc1nc(-c2ccc(C(F)F)cc2)nc(NC)c1I. The van der Waals surface area contributed by atoms with Crippen molar-refractivity contribution in [2.75, 3.05) is 12.4 Å². The number of aromatic nitrogens is 2. The maximum absolute atomic E-state index is 12.5. The minimum Gasteiger partial charge on any atom is -0.372 e. The van der Waals surface area contributed by atoms with Crippen LogP contribution in [0.3, 0.4) is 0 Å². The molecule has 0 aliphatic carbocycles. The summed E-state index contributed by atoms with van der Waals surface area (Å²) in [6.45, 7) is 2.02. The summed E-state index contributed by atoms with van der Waals surface area (Å²) >= 11 is 2.20. The Morgan fingerprint density at radius 1 is 1.20 bits per heavy atom. The third-order valence-electron chi connectivity index (χ3n) is 2.91. The van der Waals surface area contributed by atoms with Crippen molar-refractivity contribution >= 4 is 28.4 Å². The van der Waals surface area contributed by atoms with Gasteiger partial charge in [0.2, 0.25) is 0 Å². The second-order valence-electron chi connectivity index (χ2n) is 4.18. The highest BCUT2D eigenvalue weighted by Gasteiger charge is 2.12. The van der Waals surface area contributed by atoms with E-state index in [1.807, 2.05) is 6.92 Å². The van der Waals surface area contributed by atoms with E-state index in [-0.39, 0.29) is 5.56 Å². The van der Waals surface area contributed by atoms with E-state index in [9.17, 15) is 8.78 Å². The zero-order valence-corrected chi connectivity index (χ0v) is 13.3. The van der Waals surface area contributed by atoms with Crippen LogP contribution in [0.4, 0.5) is 14.6 Å². The lowest BCUT2D eigenvalue weighted by Gasteiger charge is -2.10. The van der Waals surface area contributed by atoms with Crippen molar-refractivity contribution in [1.82, 2.24) is 9.97 Å². The van der Waals surface area contributed by atoms with Crippen molar-refractivity contribution in [2.45, 2.75) is 19.8 Å². The first-order valence-electron chi connectivity index (χ1n) is 6.19. The molecule has 1 heterocycles. The number of aryl methyl sites for hydroxylation is 1. The Bertz CT molecular complexity index is 575. The van der Waals surface area contributed by atoms with Gasteiger partial charge in [0.1, 0.15) is 5.82 Å². The molecule has 20 heavy (non-hydrogen) atoms. The molecule has 0 radical (unpaired) electrons. The van der Waals surface area contributed by atoms with Crippen LogP contribution < -0.4 is 5.32 Å². The fourth-order valence-electron chi connectivity index (χ4n) is 1.80. The van der Waals surface area contributed by atoms with Crippen molar-refractivity contribution in [3.63, 3.8) is 0 Å². The lowest BCUT2D eigenvalue weighted by atomic mass is 10.1. The van der Waals surface area contributed by atoms with E-state index in [0.717, 1.165) is 27.1 Å². The van der Waals surface area contributed by atoms with Crippen LogP contribution >= 0.6 is 22.6 Å². The zero-order valence-electron chi connectivity index (χ0n) is 11.1. The summed E-state index contributed by atoms with van der Waals surface area (Å²) < 4.78 is 26.1. The largest absolute Gasteiger partial charge is 0.372 e. The highest BCUT2D eigenvalue weighted by Crippen LogP contribution is 2.26. The summed E-state index contributed by atoms with van der Waals surface area (Å²) in [6, 6.07) is 6.07. The predicted octanol–water partition coefficient (Wildman–Crippen LogP) is 4.29. The molecular formula is C14H14F2IN3. The molecule has 106 valence electrons. The van der Waals surface area contributed by atoms with E-state index in [0.29, 0.717) is 5.82 Å². The van der Waals surface area contributed by atoms with Gasteiger partial charge in [-0.2, -0.15) is 0 Å². The summed E-state index contributed by atoms with van der Waals surface area (Å²) in [4.78, 5) is 8.92. The number of anilines is 1. The summed E-state index contributed by atoms with van der Waals surface area (Å²) in [5.74, 6) is 1.30. The van der Waals surface area contributed by atoms with Crippen LogP contribution in [0.25, 0.3) is 11.4 Å². The molecule has 0 saturated carbocycles. The minimum atomic E-state index is -2.46. The van der Waals surface area contributed by atoms with Gasteiger partial charge >= 0.3 is 0 Å². The van der Waals surface area contributed by atoms with Crippen molar-refractivity contribution in [3.8, 4) is 11.4 Å². The second kappa shape index (κ2) is 6.43. The van der Waals surface area contributed by atoms with Gasteiger partial charge in [-0.3, -0.25) is 0 Å². The minimum absolute atomic E-state index is 0.00353. The number of hydrogen-bond donors (Lipinski definition) is 1. The van der Waals surface area contributed by atoms with Crippen molar-refractivity contribution in [2.24, 2.45) is 0 Å². The van der Waals surface area contributed by atoms with E-state index < -0.39 is 6.43 Å². The highest BCUT2D eigenvalue weighted by molar-refractivity contribution is 14.1. The quantitative estimate of drug-likeness (QED) is 0.793. The van der Waals surface area contributed by atoms with E-state index in [4.69, 9.17) is 0 Å². The molecule has 0 bridgehead atoms. The molecule has 0 amide bonds. The standard InChI is InChI=1S/C14H14F2IN3/c1-3-10-11(17)14(18-2)20-13(19-10)9-6-4-8(5-7-9)12(15)16/h4-7,12H,3H2,1-2H3,(H,18,19,20). The zero-order chi connectivity index (χ0) is 14.7. The Kier molecular flexibility index (Phi) is 4.85. The Hall–Kier alpha value is -1.31. The van der Waals surface area contributed by atoms with Crippen LogP contribution in [-0.4, -0.2) is 17.0 Å². The third-order valence-corrected chi connectivity index (χ3v) is 4.05. The van der Waals surface area contributed by atoms with Gasteiger partial charge in [0.05, 0.1) is 9.26 Å². The molecule has 0 saturated heterocycles. The second-order valence-corrected chi connectivity index (χ2v) is 5.26. The van der Waals surface area contributed by atoms with Crippen LogP contribution in [0.15, 0.2) is 24.3 Å². The van der Waals surface area contributed by atoms with Gasteiger partial charge in [-0.25, -0.2) is 18.7 Å². The molecule has 2 rings (SSSR count). The lowest BCUT2D eigenvalue weighted by molar-refractivity contribution is 0.151. The van der Waals surface area contributed by atoms with Gasteiger partial charge in [-0.15, -0.1) is 0 Å². The Morgan fingerprint density at radius 3 is 2.35 bits per heavy atom. The van der Waals surface area contributed by atoms with Gasteiger partial charge in [0.15, 0.2) is 5.82 Å². The molecule has 1 aromatic carbocycles. The van der Waals surface area contributed by atoms with Crippen molar-refractivity contribution < 1.29 is 8.78 Å². The molecule has 2 aromatic rings. The summed E-state index contributed by atoms with van der Waals surface area (Å²) in [5, 5.41) is 3.03. The molecule has 0 aliphatic rings. The topological polar surface area (TPSA) is 37.8 Å². The highest BCUT2D eigenvalue weighted by atomic mass is 127. The number of halogens is 3. The van der Waals surface area contributed by atoms with Gasteiger partial charge in [-0.1, -0.05) is 31.2 Å². The fourth-order valence-corrected chi connectivity index (χ4v) is 2.69. The first-order valence-corrected chi connectivity index (χ1v) is 7.27. The van der Waals surface area contributed by atoms with E-state index in [2.05, 4.69) is 37.9 Å². The van der Waals surface area contributed by atoms with Crippen LogP contribution in [0.1, 0.15) is 24.6 Å². The maximum atomic E-state index is 12.5. The van der Waals surface area contributed by atoms with Crippen LogP contribution in [-0.2, 0) is 6.42 Å². The first-order chi connectivity index (χ1) is 9.56. The van der Waals surface area contributed by atoms with E-state index in [1.54, 1.807) is 19.2 Å². The maximum Gasteiger partial charge on any atom is 0.263 e. The van der Waals surface area contributed by atoms with Crippen LogP contribution in [0, 0.1) is 3.57 Å². The molecule has 3 nitrogen and oxygen atoms in total. The van der Waals surface area contributed by atoms with Crippen molar-refractivity contribution in [3.05, 3.63) is 39.1 Å². The number of benzene rings is 1. The molecular weight excluding hydrogens is 375 g/mol. The average molecular weight is 389 g/mol. The van der Waals surface area contributed by atoms with Gasteiger partial charge < -0.3 is 5.32 Å². The Labute approximate surface area is 130 Å². The van der Waals surface area contributed by atoms with Crippen LogP contribution in [0.5, 0.6) is 0 Å². The monoisotopic (exact) mass is 389 g/mol. The molecule has 0 unspecified atom stereocenters. The number of nitrogens with one attached hydrogen (secondary N) is 1. The number of alkyl halides is 2. The first kappa shape index (κ1) is 15.1. The van der Waals surface area contributed by atoms with Gasteiger partial charge in [-0.05, 0) is 29.0 Å². The van der Waals surface area contributed by atoms with Gasteiger partial charge in [0.25, 0.3) is 6.43 Å². The molecule has 0 spiro atoms. The fraction of sp³-hybridized carbons (Fsp3) is 0.286. The molecule has 1 N–H and O–H groups in total. The van der Waals surface area contributed by atoms with Gasteiger partial charge in [0, 0.05) is 18.2 Å². The number of nitrogens with zero attached hydrogens (tertiary/aromatic N) is 2. The predicted molar refractivity (Wildman–Crippen MR) is 84.1 cm³/mol. The Morgan fingerprint density at radius 2 is 1.85 bits per heavy atom. The smallest absolute Gasteiger partial charge is 0.263 e. The number of hydrogen-bond acceptors (Lipinski definition) is 3. The van der Waals surface area contributed by atoms with E-state index in [1.165, 1.54) is 12.1 Å². The van der Waals surface area contributed by atoms with Crippen LogP contribution in [0.2, 0.25) is 0 Å². The molecule has 0 fully saturated rings. The van der Waals surface area contributed by atoms with Crippen molar-refractivity contribution in [1.29, 1.82) is 0 Å². The molecule has 0 atom stereocenters. The normalized spacial score (nSPS) is 10.9. The average Bonchev–Trinajstić information content (AvgIpc) is 2.47. The molecule has 0 aliphatic heterocycles. The third kappa shape index (κ3) is 3.05. The lowest BCUT2D eigenvalue weighted by Crippen LogP contribution is -2.04. The molecule has 1 aromatic heterocycles. The Balaban J connectivity index is 2.46. The number of rotatable bonds is 4. The summed E-state index contributed by atoms with van der Waals surface area (Å²) in [6.07, 6.45) is -1.67. The summed E-state index contributed by atoms with van der Waals surface area (Å²) in [5.41, 5.74) is 1.68. The van der Waals surface area contributed by atoms with E-state index >= 15 is 0 Å². The summed E-state index contributed by atoms with van der Waals surface area (Å²) in [7, 11) is 1.80.